The van der Waals surface area contributed by atoms with E-state index in [0.29, 0.717) is 6.54 Å². The van der Waals surface area contributed by atoms with Gasteiger partial charge in [0.1, 0.15) is 6.04 Å². The molecule has 2 heterocycles. The van der Waals surface area contributed by atoms with Crippen molar-refractivity contribution >= 4 is 11.8 Å². The zero-order valence-electron chi connectivity index (χ0n) is 16.3. The third-order valence-electron chi connectivity index (χ3n) is 5.88. The van der Waals surface area contributed by atoms with Crippen LogP contribution >= 0.6 is 0 Å². The fourth-order valence-electron chi connectivity index (χ4n) is 4.13. The summed E-state index contributed by atoms with van der Waals surface area (Å²) in [7, 11) is 0. The molecule has 5 nitrogen and oxygen atoms in total. The third kappa shape index (κ3) is 3.94. The molecule has 0 saturated carbocycles. The SMILES string of the molecule is C[C@H](C(=O)NC1CCN(Cc2ccccc2)CC1)N1Cc2ccccc2C1=O. The first-order chi connectivity index (χ1) is 13.6. The summed E-state index contributed by atoms with van der Waals surface area (Å²) in [6, 6.07) is 17.8. The van der Waals surface area contributed by atoms with Crippen molar-refractivity contribution in [2.75, 3.05) is 13.1 Å². The standard InChI is InChI=1S/C23H27N3O2/c1-17(26-16-19-9-5-6-10-21(19)23(26)28)22(27)24-20-11-13-25(14-12-20)15-18-7-3-2-4-8-18/h2-10,17,20H,11-16H2,1H3,(H,24,27)/t17-/m1/s1. The molecule has 0 spiro atoms. The van der Waals surface area contributed by atoms with E-state index in [0.717, 1.165) is 43.6 Å². The van der Waals surface area contributed by atoms with Gasteiger partial charge in [-0.05, 0) is 37.0 Å². The van der Waals surface area contributed by atoms with Crippen molar-refractivity contribution in [2.45, 2.75) is 44.9 Å². The maximum absolute atomic E-state index is 12.7. The summed E-state index contributed by atoms with van der Waals surface area (Å²) in [5.74, 6) is -0.0985. The van der Waals surface area contributed by atoms with Gasteiger partial charge in [-0.2, -0.15) is 0 Å². The van der Waals surface area contributed by atoms with Gasteiger partial charge >= 0.3 is 0 Å². The maximum Gasteiger partial charge on any atom is 0.255 e. The number of likely N-dealkylation sites (tertiary alicyclic amines) is 1. The van der Waals surface area contributed by atoms with Crippen LogP contribution in [-0.4, -0.2) is 46.8 Å². The van der Waals surface area contributed by atoms with Gasteiger partial charge in [-0.3, -0.25) is 14.5 Å². The topological polar surface area (TPSA) is 52.7 Å². The van der Waals surface area contributed by atoms with Crippen LogP contribution in [0.2, 0.25) is 0 Å². The monoisotopic (exact) mass is 377 g/mol. The normalized spacial score (nSPS) is 18.8. The van der Waals surface area contributed by atoms with Crippen LogP contribution in [0.1, 0.15) is 41.3 Å². The lowest BCUT2D eigenvalue weighted by Crippen LogP contribution is -2.51. The van der Waals surface area contributed by atoms with Crippen LogP contribution in [-0.2, 0) is 17.9 Å². The Labute approximate surface area is 166 Å². The van der Waals surface area contributed by atoms with E-state index in [1.807, 2.05) is 37.3 Å². The molecule has 4 rings (SSSR count). The summed E-state index contributed by atoms with van der Waals surface area (Å²) >= 11 is 0. The molecule has 1 fully saturated rings. The highest BCUT2D eigenvalue weighted by molar-refractivity contribution is 6.01. The first kappa shape index (κ1) is 18.7. The number of nitrogens with zero attached hydrogens (tertiary/aromatic N) is 2. The minimum Gasteiger partial charge on any atom is -0.351 e. The van der Waals surface area contributed by atoms with Gasteiger partial charge in [-0.25, -0.2) is 0 Å². The molecule has 2 aromatic rings. The van der Waals surface area contributed by atoms with Crippen molar-refractivity contribution < 1.29 is 9.59 Å². The molecule has 1 N–H and O–H groups in total. The van der Waals surface area contributed by atoms with E-state index < -0.39 is 6.04 Å². The van der Waals surface area contributed by atoms with Crippen LogP contribution in [0.25, 0.3) is 0 Å². The van der Waals surface area contributed by atoms with Gasteiger partial charge in [-0.15, -0.1) is 0 Å². The third-order valence-corrected chi connectivity index (χ3v) is 5.88. The number of amides is 2. The number of rotatable bonds is 5. The summed E-state index contributed by atoms with van der Waals surface area (Å²) in [5.41, 5.74) is 3.04. The van der Waals surface area contributed by atoms with E-state index in [1.54, 1.807) is 4.90 Å². The first-order valence-electron chi connectivity index (χ1n) is 10.1. The smallest absolute Gasteiger partial charge is 0.255 e. The van der Waals surface area contributed by atoms with Crippen molar-refractivity contribution in [3.05, 3.63) is 71.3 Å². The molecule has 0 radical (unpaired) electrons. The molecule has 146 valence electrons. The lowest BCUT2D eigenvalue weighted by atomic mass is 10.0. The molecule has 5 heteroatoms. The van der Waals surface area contributed by atoms with Crippen molar-refractivity contribution in [2.24, 2.45) is 0 Å². The summed E-state index contributed by atoms with van der Waals surface area (Å²) in [5, 5.41) is 3.17. The Hall–Kier alpha value is -2.66. The van der Waals surface area contributed by atoms with E-state index in [1.165, 1.54) is 5.56 Å². The van der Waals surface area contributed by atoms with E-state index in [4.69, 9.17) is 0 Å². The van der Waals surface area contributed by atoms with Crippen molar-refractivity contribution in [3.63, 3.8) is 0 Å². The number of hydrogen-bond donors (Lipinski definition) is 1. The average Bonchev–Trinajstić information content (AvgIpc) is 3.06. The van der Waals surface area contributed by atoms with Gasteiger partial charge in [-0.1, -0.05) is 48.5 Å². The fraction of sp³-hybridized carbons (Fsp3) is 0.391. The Balaban J connectivity index is 1.27. The second-order valence-corrected chi connectivity index (χ2v) is 7.81. The highest BCUT2D eigenvalue weighted by Gasteiger charge is 2.34. The van der Waals surface area contributed by atoms with Crippen molar-refractivity contribution in [1.82, 2.24) is 15.1 Å². The molecule has 0 unspecified atom stereocenters. The highest BCUT2D eigenvalue weighted by Crippen LogP contribution is 2.24. The van der Waals surface area contributed by atoms with E-state index in [9.17, 15) is 9.59 Å². The zero-order chi connectivity index (χ0) is 19.5. The van der Waals surface area contributed by atoms with Crippen LogP contribution in [0.4, 0.5) is 0 Å². The molecule has 2 amide bonds. The number of piperidine rings is 1. The van der Waals surface area contributed by atoms with Crippen LogP contribution < -0.4 is 5.32 Å². The average molecular weight is 377 g/mol. The van der Waals surface area contributed by atoms with Crippen LogP contribution in [0.15, 0.2) is 54.6 Å². The van der Waals surface area contributed by atoms with Gasteiger partial charge in [0, 0.05) is 37.8 Å². The quantitative estimate of drug-likeness (QED) is 0.872. The highest BCUT2D eigenvalue weighted by atomic mass is 16.2. The van der Waals surface area contributed by atoms with Crippen molar-refractivity contribution in [3.8, 4) is 0 Å². The van der Waals surface area contributed by atoms with Crippen molar-refractivity contribution in [1.29, 1.82) is 0 Å². The van der Waals surface area contributed by atoms with E-state index in [-0.39, 0.29) is 17.9 Å². The summed E-state index contributed by atoms with van der Waals surface area (Å²) < 4.78 is 0. The van der Waals surface area contributed by atoms with E-state index in [2.05, 4.69) is 34.5 Å². The lowest BCUT2D eigenvalue weighted by Gasteiger charge is -2.33. The molecular weight excluding hydrogens is 350 g/mol. The van der Waals surface area contributed by atoms with Gasteiger partial charge in [0.15, 0.2) is 0 Å². The Morgan fingerprint density at radius 2 is 1.75 bits per heavy atom. The molecule has 2 aliphatic heterocycles. The number of nitrogens with one attached hydrogen (secondary N) is 1. The largest absolute Gasteiger partial charge is 0.351 e. The Kier molecular flexibility index (Phi) is 5.44. The predicted molar refractivity (Wildman–Crippen MR) is 109 cm³/mol. The van der Waals surface area contributed by atoms with Gasteiger partial charge in [0.25, 0.3) is 5.91 Å². The Bertz CT molecular complexity index is 844. The maximum atomic E-state index is 12.7. The van der Waals surface area contributed by atoms with Gasteiger partial charge in [0.2, 0.25) is 5.91 Å². The number of fused-ring (bicyclic) bond motifs is 1. The van der Waals surface area contributed by atoms with Crippen LogP contribution in [0.5, 0.6) is 0 Å². The zero-order valence-corrected chi connectivity index (χ0v) is 16.3. The van der Waals surface area contributed by atoms with Crippen LogP contribution in [0.3, 0.4) is 0 Å². The number of carbonyl (C=O) groups excluding carboxylic acids is 2. The first-order valence-corrected chi connectivity index (χ1v) is 10.1. The summed E-state index contributed by atoms with van der Waals surface area (Å²) in [6.07, 6.45) is 1.89. The van der Waals surface area contributed by atoms with Crippen LogP contribution in [0, 0.1) is 0 Å². The predicted octanol–water partition coefficient (Wildman–Crippen LogP) is 2.81. The molecule has 1 saturated heterocycles. The second kappa shape index (κ2) is 8.15. The molecule has 0 aliphatic carbocycles. The number of benzene rings is 2. The van der Waals surface area contributed by atoms with Gasteiger partial charge in [0.05, 0.1) is 0 Å². The number of carbonyl (C=O) groups is 2. The Morgan fingerprint density at radius 3 is 2.46 bits per heavy atom. The Morgan fingerprint density at radius 1 is 1.07 bits per heavy atom. The summed E-state index contributed by atoms with van der Waals surface area (Å²) in [4.78, 5) is 29.4. The summed E-state index contributed by atoms with van der Waals surface area (Å²) in [6.45, 7) is 5.24. The minimum atomic E-state index is -0.456. The molecule has 0 bridgehead atoms. The molecule has 2 aliphatic rings. The van der Waals surface area contributed by atoms with E-state index >= 15 is 0 Å². The van der Waals surface area contributed by atoms with Gasteiger partial charge < -0.3 is 10.2 Å². The fourth-order valence-corrected chi connectivity index (χ4v) is 4.13. The lowest BCUT2D eigenvalue weighted by molar-refractivity contribution is -0.126. The number of hydrogen-bond acceptors (Lipinski definition) is 3. The molecular formula is C23H27N3O2. The molecule has 28 heavy (non-hydrogen) atoms. The minimum absolute atomic E-state index is 0.0454. The molecule has 2 aromatic carbocycles. The molecule has 1 atom stereocenters. The second-order valence-electron chi connectivity index (χ2n) is 7.81. The molecule has 0 aromatic heterocycles.